The summed E-state index contributed by atoms with van der Waals surface area (Å²) < 4.78 is 12.8. The number of benzene rings is 1. The van der Waals surface area contributed by atoms with Crippen LogP contribution in [0.1, 0.15) is 29.3 Å². The first-order valence-electron chi connectivity index (χ1n) is 6.87. The van der Waals surface area contributed by atoms with Crippen molar-refractivity contribution in [2.45, 2.75) is 20.3 Å². The van der Waals surface area contributed by atoms with E-state index in [1.807, 2.05) is 19.1 Å². The lowest BCUT2D eigenvalue weighted by Crippen LogP contribution is -2.14. The number of anilines is 2. The van der Waals surface area contributed by atoms with Gasteiger partial charge in [-0.25, -0.2) is 9.37 Å². The van der Waals surface area contributed by atoms with Crippen LogP contribution in [-0.2, 0) is 0 Å². The van der Waals surface area contributed by atoms with Crippen LogP contribution in [0.15, 0.2) is 36.5 Å². The van der Waals surface area contributed by atoms with Crippen molar-refractivity contribution in [1.82, 2.24) is 4.98 Å². The molecule has 2 rings (SSSR count). The Hall–Kier alpha value is -2.43. The largest absolute Gasteiger partial charge is 0.385 e. The Morgan fingerprint density at radius 2 is 2.10 bits per heavy atom. The van der Waals surface area contributed by atoms with Gasteiger partial charge in [0.15, 0.2) is 0 Å². The molecule has 110 valence electrons. The van der Waals surface area contributed by atoms with Crippen molar-refractivity contribution >= 4 is 17.4 Å². The number of hydrogen-bond donors (Lipinski definition) is 2. The molecule has 0 spiro atoms. The molecule has 1 heterocycles. The normalized spacial score (nSPS) is 10.2. The molecule has 0 aliphatic carbocycles. The van der Waals surface area contributed by atoms with Crippen molar-refractivity contribution in [2.24, 2.45) is 0 Å². The van der Waals surface area contributed by atoms with Crippen LogP contribution < -0.4 is 10.6 Å². The summed E-state index contributed by atoms with van der Waals surface area (Å²) in [6.07, 6.45) is 2.11. The van der Waals surface area contributed by atoms with E-state index in [-0.39, 0.29) is 5.91 Å². The summed E-state index contributed by atoms with van der Waals surface area (Å²) in [6.45, 7) is 4.87. The molecule has 21 heavy (non-hydrogen) atoms. The molecule has 1 aromatic heterocycles. The van der Waals surface area contributed by atoms with Gasteiger partial charge in [-0.15, -0.1) is 0 Å². The van der Waals surface area contributed by atoms with Crippen molar-refractivity contribution < 1.29 is 9.18 Å². The molecule has 0 unspecified atom stereocenters. The van der Waals surface area contributed by atoms with Gasteiger partial charge in [0.2, 0.25) is 0 Å². The molecule has 0 saturated heterocycles. The average molecular weight is 287 g/mol. The number of nitrogens with one attached hydrogen (secondary N) is 2. The fourth-order valence-electron chi connectivity index (χ4n) is 1.93. The molecule has 0 radical (unpaired) electrons. The van der Waals surface area contributed by atoms with Crippen molar-refractivity contribution in [3.8, 4) is 0 Å². The number of halogens is 1. The zero-order valence-electron chi connectivity index (χ0n) is 12.1. The summed E-state index contributed by atoms with van der Waals surface area (Å²) in [6, 6.07) is 8.26. The minimum absolute atomic E-state index is 0.256. The molecule has 0 fully saturated rings. The van der Waals surface area contributed by atoms with Gasteiger partial charge in [0.25, 0.3) is 5.91 Å². The average Bonchev–Trinajstić information content (AvgIpc) is 2.47. The smallest absolute Gasteiger partial charge is 0.257 e. The van der Waals surface area contributed by atoms with Crippen molar-refractivity contribution in [2.75, 3.05) is 17.2 Å². The third kappa shape index (κ3) is 4.02. The third-order valence-corrected chi connectivity index (χ3v) is 3.02. The van der Waals surface area contributed by atoms with Crippen molar-refractivity contribution in [1.29, 1.82) is 0 Å². The van der Waals surface area contributed by atoms with Crippen LogP contribution in [0.2, 0.25) is 0 Å². The number of aryl methyl sites for hydroxylation is 1. The maximum atomic E-state index is 12.8. The lowest BCUT2D eigenvalue weighted by Gasteiger charge is -2.10. The van der Waals surface area contributed by atoms with Gasteiger partial charge in [0.05, 0.1) is 6.20 Å². The molecule has 4 nitrogen and oxygen atoms in total. The Bertz CT molecular complexity index is 626. The fraction of sp³-hybridized carbons (Fsp3) is 0.250. The van der Waals surface area contributed by atoms with E-state index in [9.17, 15) is 9.18 Å². The Kier molecular flexibility index (Phi) is 4.87. The topological polar surface area (TPSA) is 54.0 Å². The zero-order valence-corrected chi connectivity index (χ0v) is 12.1. The molecular weight excluding hydrogens is 269 g/mol. The second-order valence-corrected chi connectivity index (χ2v) is 4.77. The summed E-state index contributed by atoms with van der Waals surface area (Å²) in [5.74, 6) is -0.363. The quantitative estimate of drug-likeness (QED) is 0.883. The van der Waals surface area contributed by atoms with E-state index >= 15 is 0 Å². The van der Waals surface area contributed by atoms with Gasteiger partial charge < -0.3 is 10.6 Å². The minimum atomic E-state index is -0.435. The number of pyridine rings is 1. The first-order valence-corrected chi connectivity index (χ1v) is 6.87. The minimum Gasteiger partial charge on any atom is -0.385 e. The van der Waals surface area contributed by atoms with E-state index in [2.05, 4.69) is 22.5 Å². The van der Waals surface area contributed by atoms with E-state index in [1.54, 1.807) is 6.07 Å². The molecule has 0 aliphatic rings. The number of aromatic nitrogens is 1. The zero-order chi connectivity index (χ0) is 15.2. The molecule has 1 aromatic carbocycles. The Morgan fingerprint density at radius 3 is 2.71 bits per heavy atom. The number of hydrogen-bond acceptors (Lipinski definition) is 3. The Labute approximate surface area is 123 Å². The van der Waals surface area contributed by atoms with Crippen LogP contribution in [0.5, 0.6) is 0 Å². The molecule has 5 heteroatoms. The number of rotatable bonds is 5. The summed E-state index contributed by atoms with van der Waals surface area (Å²) >= 11 is 0. The third-order valence-electron chi connectivity index (χ3n) is 3.02. The molecule has 2 N–H and O–H groups in total. The van der Waals surface area contributed by atoms with E-state index in [0.29, 0.717) is 11.4 Å². The van der Waals surface area contributed by atoms with E-state index < -0.39 is 5.82 Å². The highest BCUT2D eigenvalue weighted by molar-refractivity contribution is 6.05. The fourth-order valence-corrected chi connectivity index (χ4v) is 1.93. The van der Waals surface area contributed by atoms with Gasteiger partial charge in [0, 0.05) is 17.8 Å². The molecule has 2 aromatic rings. The second kappa shape index (κ2) is 6.83. The maximum absolute atomic E-state index is 12.8. The molecule has 0 atom stereocenters. The van der Waals surface area contributed by atoms with Crippen LogP contribution >= 0.6 is 0 Å². The summed E-state index contributed by atoms with van der Waals surface area (Å²) in [4.78, 5) is 16.0. The Balaban J connectivity index is 2.10. The van der Waals surface area contributed by atoms with Gasteiger partial charge in [-0.3, -0.25) is 4.79 Å². The number of carbonyl (C=O) groups excluding carboxylic acids is 1. The number of nitrogens with zero attached hydrogens (tertiary/aromatic N) is 1. The molecule has 0 aliphatic heterocycles. The molecule has 0 bridgehead atoms. The van der Waals surface area contributed by atoms with E-state index in [4.69, 9.17) is 0 Å². The summed E-state index contributed by atoms with van der Waals surface area (Å²) in [5, 5.41) is 5.92. The lowest BCUT2D eigenvalue weighted by atomic mass is 10.1. The lowest BCUT2D eigenvalue weighted by molar-refractivity contribution is 0.102. The van der Waals surface area contributed by atoms with Gasteiger partial charge in [-0.1, -0.05) is 6.92 Å². The van der Waals surface area contributed by atoms with Crippen LogP contribution in [0.25, 0.3) is 0 Å². The highest BCUT2D eigenvalue weighted by Gasteiger charge is 2.10. The Morgan fingerprint density at radius 1 is 1.29 bits per heavy atom. The van der Waals surface area contributed by atoms with Crippen molar-refractivity contribution in [3.05, 3.63) is 53.5 Å². The predicted molar refractivity (Wildman–Crippen MR) is 82.1 cm³/mol. The predicted octanol–water partition coefficient (Wildman–Crippen LogP) is 3.60. The van der Waals surface area contributed by atoms with Crippen LogP contribution in [0.4, 0.5) is 15.9 Å². The summed E-state index contributed by atoms with van der Waals surface area (Å²) in [7, 11) is 0. The van der Waals surface area contributed by atoms with E-state index in [0.717, 1.165) is 30.4 Å². The SMILES string of the molecule is CCCNc1ccc(C(=O)Nc2ccc(F)cn2)c(C)c1. The van der Waals surface area contributed by atoms with E-state index in [1.165, 1.54) is 12.1 Å². The van der Waals surface area contributed by atoms with Gasteiger partial charge >= 0.3 is 0 Å². The number of amides is 1. The highest BCUT2D eigenvalue weighted by atomic mass is 19.1. The van der Waals surface area contributed by atoms with Gasteiger partial charge in [0.1, 0.15) is 11.6 Å². The standard InChI is InChI=1S/C16H18FN3O/c1-3-8-18-13-5-6-14(11(2)9-13)16(21)20-15-7-4-12(17)10-19-15/h4-7,9-10,18H,3,8H2,1-2H3,(H,19,20,21). The second-order valence-electron chi connectivity index (χ2n) is 4.77. The molecule has 1 amide bonds. The molecule has 0 saturated carbocycles. The highest BCUT2D eigenvalue weighted by Crippen LogP contribution is 2.16. The first-order chi connectivity index (χ1) is 10.1. The van der Waals surface area contributed by atoms with Crippen molar-refractivity contribution in [3.63, 3.8) is 0 Å². The van der Waals surface area contributed by atoms with Gasteiger partial charge in [-0.2, -0.15) is 0 Å². The number of carbonyl (C=O) groups is 1. The van der Waals surface area contributed by atoms with Crippen LogP contribution in [0, 0.1) is 12.7 Å². The first kappa shape index (κ1) is 15.0. The molecular formula is C16H18FN3O. The maximum Gasteiger partial charge on any atom is 0.257 e. The van der Waals surface area contributed by atoms with Gasteiger partial charge in [-0.05, 0) is 49.2 Å². The monoisotopic (exact) mass is 287 g/mol. The summed E-state index contributed by atoms with van der Waals surface area (Å²) in [5.41, 5.74) is 2.43. The van der Waals surface area contributed by atoms with Crippen LogP contribution in [-0.4, -0.2) is 17.4 Å². The van der Waals surface area contributed by atoms with Crippen LogP contribution in [0.3, 0.4) is 0 Å².